The van der Waals surface area contributed by atoms with Crippen LogP contribution in [0.1, 0.15) is 17.3 Å². The molecule has 1 aliphatic heterocycles. The summed E-state index contributed by atoms with van der Waals surface area (Å²) in [4.78, 5) is 36.7. The maximum Gasteiger partial charge on any atom is 0.338 e. The molecule has 128 valence electrons. The van der Waals surface area contributed by atoms with E-state index in [9.17, 15) is 14.4 Å². The zero-order valence-corrected chi connectivity index (χ0v) is 14.6. The van der Waals surface area contributed by atoms with Crippen LogP contribution in [0.3, 0.4) is 0 Å². The fraction of sp³-hybridized carbons (Fsp3) is 0.312. The van der Waals surface area contributed by atoms with Crippen molar-refractivity contribution in [2.24, 2.45) is 0 Å². The van der Waals surface area contributed by atoms with E-state index in [4.69, 9.17) is 21.1 Å². The lowest BCUT2D eigenvalue weighted by molar-refractivity contribution is -0.137. The van der Waals surface area contributed by atoms with Crippen LogP contribution in [-0.4, -0.2) is 48.3 Å². The van der Waals surface area contributed by atoms with Gasteiger partial charge in [-0.05, 0) is 31.2 Å². The van der Waals surface area contributed by atoms with Crippen LogP contribution in [0, 0.1) is 0 Å². The topological polar surface area (TPSA) is 72.9 Å². The highest BCUT2D eigenvalue weighted by molar-refractivity contribution is 8.04. The van der Waals surface area contributed by atoms with E-state index in [1.165, 1.54) is 22.7 Å². The number of carbonyl (C=O) groups excluding carboxylic acids is 3. The summed E-state index contributed by atoms with van der Waals surface area (Å²) >= 11 is 7.01. The van der Waals surface area contributed by atoms with Crippen LogP contribution in [0.15, 0.2) is 35.4 Å². The van der Waals surface area contributed by atoms with Crippen LogP contribution in [0.2, 0.25) is 5.02 Å². The second-order valence-corrected chi connectivity index (χ2v) is 6.14. The lowest BCUT2D eigenvalue weighted by atomic mass is 10.2. The van der Waals surface area contributed by atoms with Crippen molar-refractivity contribution in [1.29, 1.82) is 0 Å². The maximum absolute atomic E-state index is 11.9. The van der Waals surface area contributed by atoms with Crippen LogP contribution in [-0.2, 0) is 19.1 Å². The summed E-state index contributed by atoms with van der Waals surface area (Å²) in [5.41, 5.74) is 0.379. The highest BCUT2D eigenvalue weighted by Crippen LogP contribution is 2.28. The number of benzene rings is 1. The number of hydrogen-bond donors (Lipinski definition) is 0. The average molecular weight is 370 g/mol. The number of ether oxygens (including phenoxy) is 2. The van der Waals surface area contributed by atoms with Crippen molar-refractivity contribution in [3.05, 3.63) is 46.0 Å². The molecule has 1 aliphatic rings. The van der Waals surface area contributed by atoms with Gasteiger partial charge in [-0.25, -0.2) is 9.59 Å². The van der Waals surface area contributed by atoms with Gasteiger partial charge in [-0.3, -0.25) is 4.79 Å². The minimum absolute atomic E-state index is 0.0218. The molecule has 0 bridgehead atoms. The monoisotopic (exact) mass is 369 g/mol. The quantitative estimate of drug-likeness (QED) is 0.566. The first kappa shape index (κ1) is 18.4. The summed E-state index contributed by atoms with van der Waals surface area (Å²) in [6.45, 7) is 2.17. The van der Waals surface area contributed by atoms with E-state index < -0.39 is 11.9 Å². The van der Waals surface area contributed by atoms with E-state index >= 15 is 0 Å². The number of nitrogens with zero attached hydrogens (tertiary/aromatic N) is 1. The second kappa shape index (κ2) is 8.75. The van der Waals surface area contributed by atoms with Gasteiger partial charge in [0, 0.05) is 5.02 Å². The molecular weight excluding hydrogens is 354 g/mol. The Balaban J connectivity index is 1.89. The Hall–Kier alpha value is -1.99. The lowest BCUT2D eigenvalue weighted by Crippen LogP contribution is -2.29. The molecule has 0 unspecified atom stereocenters. The Labute approximate surface area is 148 Å². The molecule has 1 amide bonds. The predicted molar refractivity (Wildman–Crippen MR) is 90.6 cm³/mol. The summed E-state index contributed by atoms with van der Waals surface area (Å²) in [5, 5.41) is 1.03. The van der Waals surface area contributed by atoms with Crippen molar-refractivity contribution in [1.82, 2.24) is 4.90 Å². The first-order valence-corrected chi connectivity index (χ1v) is 8.62. The average Bonchev–Trinajstić information content (AvgIpc) is 2.88. The van der Waals surface area contributed by atoms with Gasteiger partial charge in [0.1, 0.15) is 6.61 Å². The van der Waals surface area contributed by atoms with Crippen LogP contribution in [0.5, 0.6) is 0 Å². The number of carbonyl (C=O) groups is 3. The summed E-state index contributed by atoms with van der Waals surface area (Å²) in [5.74, 6) is -0.894. The molecule has 0 aromatic heterocycles. The summed E-state index contributed by atoms with van der Waals surface area (Å²) in [7, 11) is 0. The summed E-state index contributed by atoms with van der Waals surface area (Å²) < 4.78 is 9.99. The van der Waals surface area contributed by atoms with Crippen LogP contribution in [0.25, 0.3) is 0 Å². The van der Waals surface area contributed by atoms with Crippen molar-refractivity contribution in [2.75, 3.05) is 25.5 Å². The molecular formula is C16H16ClNO5S. The highest BCUT2D eigenvalue weighted by Gasteiger charge is 2.27. The zero-order chi connectivity index (χ0) is 17.5. The van der Waals surface area contributed by atoms with E-state index in [1.54, 1.807) is 31.2 Å². The molecule has 1 aromatic carbocycles. The molecule has 0 atom stereocenters. The molecule has 1 saturated heterocycles. The van der Waals surface area contributed by atoms with E-state index in [-0.39, 0.29) is 31.4 Å². The molecule has 6 nitrogen and oxygen atoms in total. The molecule has 24 heavy (non-hydrogen) atoms. The second-order valence-electron chi connectivity index (χ2n) is 4.71. The predicted octanol–water partition coefficient (Wildman–Crippen LogP) is 2.48. The molecule has 0 aliphatic carbocycles. The molecule has 0 radical (unpaired) electrons. The first-order chi connectivity index (χ1) is 11.5. The van der Waals surface area contributed by atoms with Crippen molar-refractivity contribution in [2.45, 2.75) is 6.92 Å². The summed E-state index contributed by atoms with van der Waals surface area (Å²) in [6.07, 6.45) is 1.28. The zero-order valence-electron chi connectivity index (χ0n) is 13.0. The Bertz CT molecular complexity index is 659. The highest BCUT2D eigenvalue weighted by atomic mass is 35.5. The molecule has 0 saturated carbocycles. The number of hydrogen-bond acceptors (Lipinski definition) is 6. The Morgan fingerprint density at radius 1 is 1.29 bits per heavy atom. The van der Waals surface area contributed by atoms with Gasteiger partial charge >= 0.3 is 11.9 Å². The molecule has 2 rings (SSSR count). The number of thioether (sulfide) groups is 1. The van der Waals surface area contributed by atoms with E-state index in [1.807, 2.05) is 0 Å². The van der Waals surface area contributed by atoms with E-state index in [2.05, 4.69) is 0 Å². The third kappa shape index (κ3) is 5.01. The number of rotatable bonds is 6. The van der Waals surface area contributed by atoms with E-state index in [0.29, 0.717) is 15.6 Å². The standard InChI is InChI=1S/C16H16ClNO5S/c1-2-22-15(20)9-14-18(13(19)10-24-14)7-8-23-16(21)11-3-5-12(17)6-4-11/h3-6,9H,2,7-8,10H2,1H3/b14-9-. The Kier molecular flexibility index (Phi) is 6.69. The number of esters is 2. The molecule has 0 spiro atoms. The van der Waals surface area contributed by atoms with Crippen molar-refractivity contribution < 1.29 is 23.9 Å². The largest absolute Gasteiger partial charge is 0.463 e. The normalized spacial score (nSPS) is 15.7. The smallest absolute Gasteiger partial charge is 0.338 e. The molecule has 1 fully saturated rings. The number of halogens is 1. The summed E-state index contributed by atoms with van der Waals surface area (Å²) in [6, 6.07) is 6.32. The van der Waals surface area contributed by atoms with Gasteiger partial charge in [0.2, 0.25) is 5.91 Å². The minimum Gasteiger partial charge on any atom is -0.463 e. The maximum atomic E-state index is 11.9. The fourth-order valence-electron chi connectivity index (χ4n) is 1.95. The third-order valence-corrected chi connectivity index (χ3v) is 4.34. The first-order valence-electron chi connectivity index (χ1n) is 7.25. The molecule has 1 heterocycles. The van der Waals surface area contributed by atoms with Gasteiger partial charge < -0.3 is 14.4 Å². The van der Waals surface area contributed by atoms with Crippen LogP contribution >= 0.6 is 23.4 Å². The van der Waals surface area contributed by atoms with Crippen LogP contribution in [0.4, 0.5) is 0 Å². The minimum atomic E-state index is -0.502. The van der Waals surface area contributed by atoms with Gasteiger partial charge in [-0.15, -0.1) is 0 Å². The SMILES string of the molecule is CCOC(=O)/C=C1\SCC(=O)N1CCOC(=O)c1ccc(Cl)cc1. The van der Waals surface area contributed by atoms with Gasteiger partial charge in [0.05, 0.1) is 35.6 Å². The van der Waals surface area contributed by atoms with E-state index in [0.717, 1.165) is 0 Å². The van der Waals surface area contributed by atoms with Crippen molar-refractivity contribution >= 4 is 41.2 Å². The molecule has 1 aromatic rings. The Morgan fingerprint density at radius 2 is 2.00 bits per heavy atom. The Morgan fingerprint density at radius 3 is 2.67 bits per heavy atom. The van der Waals surface area contributed by atoms with Crippen molar-refractivity contribution in [3.8, 4) is 0 Å². The fourth-order valence-corrected chi connectivity index (χ4v) is 3.03. The van der Waals surface area contributed by atoms with Gasteiger partial charge in [0.15, 0.2) is 0 Å². The van der Waals surface area contributed by atoms with Gasteiger partial charge in [-0.2, -0.15) is 0 Å². The van der Waals surface area contributed by atoms with Gasteiger partial charge in [0.25, 0.3) is 0 Å². The van der Waals surface area contributed by atoms with Crippen molar-refractivity contribution in [3.63, 3.8) is 0 Å². The van der Waals surface area contributed by atoms with Crippen LogP contribution < -0.4 is 0 Å². The molecule has 8 heteroatoms. The molecule has 0 N–H and O–H groups in total. The van der Waals surface area contributed by atoms with Gasteiger partial charge in [-0.1, -0.05) is 23.4 Å². The number of amides is 1. The lowest BCUT2D eigenvalue weighted by Gasteiger charge is -2.16. The third-order valence-electron chi connectivity index (χ3n) is 3.07.